The zero-order valence-corrected chi connectivity index (χ0v) is 7.63. The van der Waals surface area contributed by atoms with Crippen LogP contribution in [0.1, 0.15) is 15.9 Å². The maximum atomic E-state index is 11.2. The van der Waals surface area contributed by atoms with Crippen molar-refractivity contribution < 1.29 is 9.53 Å². The molecule has 0 heterocycles. The van der Waals surface area contributed by atoms with Crippen LogP contribution in [0.2, 0.25) is 0 Å². The van der Waals surface area contributed by atoms with Crippen LogP contribution in [0.4, 0.5) is 11.4 Å². The molecule has 0 radical (unpaired) electrons. The highest BCUT2D eigenvalue weighted by Gasteiger charge is 2.14. The minimum Gasteiger partial charge on any atom is -0.465 e. The maximum Gasteiger partial charge on any atom is 0.342 e. The van der Waals surface area contributed by atoms with Crippen molar-refractivity contribution in [3.8, 4) is 0 Å². The third-order valence-electron chi connectivity index (χ3n) is 1.89. The van der Waals surface area contributed by atoms with Crippen LogP contribution in [-0.4, -0.2) is 13.1 Å². The van der Waals surface area contributed by atoms with E-state index in [4.69, 9.17) is 11.5 Å². The number of esters is 1. The number of ether oxygens (including phenoxy) is 1. The third kappa shape index (κ3) is 1.56. The molecular weight excluding hydrogens is 168 g/mol. The van der Waals surface area contributed by atoms with Gasteiger partial charge in [-0.3, -0.25) is 0 Å². The molecule has 4 heteroatoms. The summed E-state index contributed by atoms with van der Waals surface area (Å²) in [5.41, 5.74) is 13.1. The topological polar surface area (TPSA) is 78.3 Å². The Morgan fingerprint density at radius 1 is 1.38 bits per heavy atom. The Morgan fingerprint density at radius 2 is 2.00 bits per heavy atom. The summed E-state index contributed by atoms with van der Waals surface area (Å²) in [6.45, 7) is 1.81. The maximum absolute atomic E-state index is 11.2. The van der Waals surface area contributed by atoms with Gasteiger partial charge in [0.05, 0.1) is 12.8 Å². The first-order chi connectivity index (χ1) is 6.07. The molecule has 4 nitrogen and oxygen atoms in total. The summed E-state index contributed by atoms with van der Waals surface area (Å²) in [6, 6.07) is 3.40. The fraction of sp³-hybridized carbons (Fsp3) is 0.222. The fourth-order valence-corrected chi connectivity index (χ4v) is 1.07. The number of rotatable bonds is 1. The number of benzene rings is 1. The molecule has 0 aromatic heterocycles. The van der Waals surface area contributed by atoms with Crippen molar-refractivity contribution in [3.63, 3.8) is 0 Å². The minimum absolute atomic E-state index is 0.252. The molecule has 1 rings (SSSR count). The van der Waals surface area contributed by atoms with Crippen LogP contribution in [0.5, 0.6) is 0 Å². The molecule has 0 unspecified atom stereocenters. The quantitative estimate of drug-likeness (QED) is 0.498. The second kappa shape index (κ2) is 3.35. The van der Waals surface area contributed by atoms with Crippen LogP contribution < -0.4 is 11.5 Å². The molecule has 1 aromatic rings. The van der Waals surface area contributed by atoms with Gasteiger partial charge in [0.1, 0.15) is 5.56 Å². The minimum atomic E-state index is -0.501. The zero-order chi connectivity index (χ0) is 10.0. The van der Waals surface area contributed by atoms with Crippen molar-refractivity contribution >= 4 is 17.3 Å². The van der Waals surface area contributed by atoms with Crippen molar-refractivity contribution in [1.82, 2.24) is 0 Å². The first-order valence-electron chi connectivity index (χ1n) is 3.80. The number of hydrogen-bond acceptors (Lipinski definition) is 4. The lowest BCUT2D eigenvalue weighted by Crippen LogP contribution is -2.10. The number of nitrogens with two attached hydrogens (primary N) is 2. The Balaban J connectivity index is 3.33. The van der Waals surface area contributed by atoms with Gasteiger partial charge < -0.3 is 16.2 Å². The Kier molecular flexibility index (Phi) is 2.41. The van der Waals surface area contributed by atoms with Gasteiger partial charge in [0.15, 0.2) is 0 Å². The highest BCUT2D eigenvalue weighted by Crippen LogP contribution is 2.23. The van der Waals surface area contributed by atoms with Crippen LogP contribution in [0, 0.1) is 6.92 Å². The molecule has 0 aliphatic carbocycles. The molecule has 0 aliphatic rings. The predicted molar refractivity (Wildman–Crippen MR) is 51.3 cm³/mol. The summed E-state index contributed by atoms with van der Waals surface area (Å²) < 4.78 is 4.55. The lowest BCUT2D eigenvalue weighted by atomic mass is 10.1. The van der Waals surface area contributed by atoms with Gasteiger partial charge in [-0.15, -0.1) is 0 Å². The van der Waals surface area contributed by atoms with E-state index in [1.807, 2.05) is 0 Å². The summed E-state index contributed by atoms with van der Waals surface area (Å²) in [5.74, 6) is -0.501. The van der Waals surface area contributed by atoms with Crippen molar-refractivity contribution in [3.05, 3.63) is 23.3 Å². The first kappa shape index (κ1) is 9.38. The van der Waals surface area contributed by atoms with Crippen molar-refractivity contribution in [2.24, 2.45) is 0 Å². The van der Waals surface area contributed by atoms with E-state index in [-0.39, 0.29) is 5.56 Å². The molecule has 0 fully saturated rings. The van der Waals surface area contributed by atoms with Crippen molar-refractivity contribution in [1.29, 1.82) is 0 Å². The number of methoxy groups -OCH3 is 1. The molecule has 0 atom stereocenters. The average Bonchev–Trinajstić information content (AvgIpc) is 2.12. The standard InChI is InChI=1S/C9H12N2O2/c1-5-3-4-6(10)7(8(5)11)9(12)13-2/h3-4H,10-11H2,1-2H3. The molecular formula is C9H12N2O2. The summed E-state index contributed by atoms with van der Waals surface area (Å²) in [7, 11) is 1.30. The van der Waals surface area contributed by atoms with Gasteiger partial charge in [0.2, 0.25) is 0 Å². The predicted octanol–water partition coefficient (Wildman–Crippen LogP) is 0.946. The van der Waals surface area contributed by atoms with E-state index in [1.165, 1.54) is 7.11 Å². The van der Waals surface area contributed by atoms with Gasteiger partial charge in [-0.2, -0.15) is 0 Å². The molecule has 0 aliphatic heterocycles. The molecule has 13 heavy (non-hydrogen) atoms. The Morgan fingerprint density at radius 3 is 2.54 bits per heavy atom. The Hall–Kier alpha value is -1.71. The molecule has 0 saturated carbocycles. The zero-order valence-electron chi connectivity index (χ0n) is 7.63. The molecule has 0 saturated heterocycles. The molecule has 0 amide bonds. The summed E-state index contributed by atoms with van der Waals surface area (Å²) >= 11 is 0. The van der Waals surface area contributed by atoms with E-state index < -0.39 is 5.97 Å². The number of carbonyl (C=O) groups is 1. The highest BCUT2D eigenvalue weighted by atomic mass is 16.5. The normalized spacial score (nSPS) is 9.69. The summed E-state index contributed by atoms with van der Waals surface area (Å²) in [4.78, 5) is 11.2. The molecule has 70 valence electrons. The Bertz CT molecular complexity index is 348. The van der Waals surface area contributed by atoms with E-state index in [1.54, 1.807) is 19.1 Å². The Labute approximate surface area is 76.5 Å². The molecule has 1 aromatic carbocycles. The molecule has 0 bridgehead atoms. The van der Waals surface area contributed by atoms with Gasteiger partial charge >= 0.3 is 5.97 Å². The largest absolute Gasteiger partial charge is 0.465 e. The lowest BCUT2D eigenvalue weighted by molar-refractivity contribution is 0.0603. The van der Waals surface area contributed by atoms with E-state index in [9.17, 15) is 4.79 Å². The van der Waals surface area contributed by atoms with Crippen molar-refractivity contribution in [2.45, 2.75) is 6.92 Å². The number of aryl methyl sites for hydroxylation is 1. The second-order valence-electron chi connectivity index (χ2n) is 2.75. The second-order valence-corrected chi connectivity index (χ2v) is 2.75. The van der Waals surface area contributed by atoms with Gasteiger partial charge in [0, 0.05) is 5.69 Å². The van der Waals surface area contributed by atoms with Crippen LogP contribution >= 0.6 is 0 Å². The molecule has 0 spiro atoms. The number of anilines is 2. The number of hydrogen-bond donors (Lipinski definition) is 2. The smallest absolute Gasteiger partial charge is 0.342 e. The van der Waals surface area contributed by atoms with E-state index in [0.29, 0.717) is 11.4 Å². The summed E-state index contributed by atoms with van der Waals surface area (Å²) in [6.07, 6.45) is 0. The summed E-state index contributed by atoms with van der Waals surface area (Å²) in [5, 5.41) is 0. The van der Waals surface area contributed by atoms with E-state index in [0.717, 1.165) is 5.56 Å². The fourth-order valence-electron chi connectivity index (χ4n) is 1.07. The van der Waals surface area contributed by atoms with Gasteiger partial charge in [-0.05, 0) is 18.6 Å². The van der Waals surface area contributed by atoms with Crippen LogP contribution in [0.3, 0.4) is 0 Å². The monoisotopic (exact) mass is 180 g/mol. The third-order valence-corrected chi connectivity index (χ3v) is 1.89. The van der Waals surface area contributed by atoms with Gasteiger partial charge in [0.25, 0.3) is 0 Å². The van der Waals surface area contributed by atoms with Crippen LogP contribution in [0.15, 0.2) is 12.1 Å². The van der Waals surface area contributed by atoms with Crippen LogP contribution in [-0.2, 0) is 4.74 Å². The molecule has 4 N–H and O–H groups in total. The number of carbonyl (C=O) groups excluding carboxylic acids is 1. The average molecular weight is 180 g/mol. The van der Waals surface area contributed by atoms with Crippen LogP contribution in [0.25, 0.3) is 0 Å². The lowest BCUT2D eigenvalue weighted by Gasteiger charge is -2.08. The van der Waals surface area contributed by atoms with Crippen molar-refractivity contribution in [2.75, 3.05) is 18.6 Å². The van der Waals surface area contributed by atoms with E-state index >= 15 is 0 Å². The SMILES string of the molecule is COC(=O)c1c(N)ccc(C)c1N. The highest BCUT2D eigenvalue weighted by molar-refractivity contribution is 6.01. The van der Waals surface area contributed by atoms with E-state index in [2.05, 4.69) is 4.74 Å². The number of nitrogen functional groups attached to an aromatic ring is 2. The van der Waals surface area contributed by atoms with Gasteiger partial charge in [-0.1, -0.05) is 6.07 Å². The first-order valence-corrected chi connectivity index (χ1v) is 3.80. The van der Waals surface area contributed by atoms with Gasteiger partial charge in [-0.25, -0.2) is 4.79 Å².